The molecule has 3 aromatic rings. The van der Waals surface area contributed by atoms with E-state index in [1.807, 2.05) is 17.5 Å². The van der Waals surface area contributed by atoms with Crippen molar-refractivity contribution in [2.45, 2.75) is 94.8 Å². The molecule has 5 saturated carbocycles. The molecule has 0 N–H and O–H groups in total. The van der Waals surface area contributed by atoms with Crippen LogP contribution in [0.2, 0.25) is 0 Å². The maximum Gasteiger partial charge on any atom is 0.230 e. The standard InChI is InChI=1S/C35H44N4OS/c1-38(2)31-14-13-28(22-36-31)35-18-15-34(16-19-35,17-20-35)24-39(33(40)26-7-4-3-5-8-26)29-10-6-9-27(21-29)30-23-37-32(41-30)25-11-12-25/h6,9-10,13-14,21-23,25-26H,3-5,7-8,11-12,15-20,24H2,1-2H3. The molecule has 2 aromatic heterocycles. The highest BCUT2D eigenvalue weighted by molar-refractivity contribution is 7.15. The lowest BCUT2D eigenvalue weighted by Crippen LogP contribution is -2.51. The third-order valence-corrected chi connectivity index (χ3v) is 12.0. The number of amides is 1. The molecule has 0 saturated heterocycles. The van der Waals surface area contributed by atoms with E-state index in [0.717, 1.165) is 30.9 Å². The van der Waals surface area contributed by atoms with Gasteiger partial charge < -0.3 is 9.80 Å². The molecule has 5 aliphatic rings. The Morgan fingerprint density at radius 2 is 1.66 bits per heavy atom. The van der Waals surface area contributed by atoms with E-state index in [-0.39, 0.29) is 16.7 Å². The van der Waals surface area contributed by atoms with Crippen molar-refractivity contribution >= 4 is 28.7 Å². The third-order valence-electron chi connectivity index (χ3n) is 10.8. The fourth-order valence-corrected chi connectivity index (χ4v) is 8.95. The molecule has 0 spiro atoms. The molecule has 1 amide bonds. The van der Waals surface area contributed by atoms with Crippen LogP contribution in [-0.2, 0) is 10.2 Å². The van der Waals surface area contributed by atoms with Gasteiger partial charge in [0.25, 0.3) is 0 Å². The van der Waals surface area contributed by atoms with Crippen molar-refractivity contribution in [1.82, 2.24) is 9.97 Å². The van der Waals surface area contributed by atoms with E-state index >= 15 is 0 Å². The van der Waals surface area contributed by atoms with Gasteiger partial charge >= 0.3 is 0 Å². The number of rotatable bonds is 8. The van der Waals surface area contributed by atoms with Crippen molar-refractivity contribution < 1.29 is 4.79 Å². The molecule has 5 nitrogen and oxygen atoms in total. The minimum atomic E-state index is 0.168. The number of carbonyl (C=O) groups is 1. The molecule has 0 aliphatic heterocycles. The van der Waals surface area contributed by atoms with Gasteiger partial charge in [0, 0.05) is 50.6 Å². The number of carbonyl (C=O) groups excluding carboxylic acids is 1. The van der Waals surface area contributed by atoms with Gasteiger partial charge in [0.2, 0.25) is 5.91 Å². The largest absolute Gasteiger partial charge is 0.363 e. The monoisotopic (exact) mass is 568 g/mol. The van der Waals surface area contributed by atoms with E-state index < -0.39 is 0 Å². The second kappa shape index (κ2) is 10.8. The number of benzene rings is 1. The van der Waals surface area contributed by atoms with Crippen LogP contribution < -0.4 is 9.80 Å². The second-order valence-electron chi connectivity index (χ2n) is 13.7. The first-order chi connectivity index (χ1) is 19.9. The van der Waals surface area contributed by atoms with Crippen molar-refractivity contribution in [1.29, 1.82) is 0 Å². The predicted octanol–water partition coefficient (Wildman–Crippen LogP) is 8.35. The zero-order valence-electron chi connectivity index (χ0n) is 24.8. The molecule has 6 heteroatoms. The minimum absolute atomic E-state index is 0.168. The molecule has 0 radical (unpaired) electrons. The lowest BCUT2D eigenvalue weighted by atomic mass is 9.52. The van der Waals surface area contributed by atoms with Crippen LogP contribution in [0.5, 0.6) is 0 Å². The van der Waals surface area contributed by atoms with Crippen LogP contribution in [0.15, 0.2) is 48.8 Å². The Balaban J connectivity index is 1.14. The van der Waals surface area contributed by atoms with Gasteiger partial charge in [-0.25, -0.2) is 9.97 Å². The second-order valence-corrected chi connectivity index (χ2v) is 14.8. The molecular formula is C35H44N4OS. The normalized spacial score (nSPS) is 26.2. The zero-order valence-corrected chi connectivity index (χ0v) is 25.6. The topological polar surface area (TPSA) is 49.3 Å². The van der Waals surface area contributed by atoms with Gasteiger partial charge in [-0.2, -0.15) is 0 Å². The number of thiazole rings is 1. The first-order valence-corrected chi connectivity index (χ1v) is 16.8. The first kappa shape index (κ1) is 27.1. The van der Waals surface area contributed by atoms with E-state index in [2.05, 4.69) is 66.5 Å². The molecule has 8 rings (SSSR count). The number of hydrogen-bond acceptors (Lipinski definition) is 5. The molecule has 41 heavy (non-hydrogen) atoms. The summed E-state index contributed by atoms with van der Waals surface area (Å²) < 4.78 is 0. The molecule has 0 unspecified atom stereocenters. The number of hydrogen-bond donors (Lipinski definition) is 0. The lowest BCUT2D eigenvalue weighted by molar-refractivity contribution is -0.124. The molecular weight excluding hydrogens is 524 g/mol. The van der Waals surface area contributed by atoms with Gasteiger partial charge in [0.05, 0.1) is 9.88 Å². The number of fused-ring (bicyclic) bond motifs is 3. The molecule has 0 atom stereocenters. The fraction of sp³-hybridized carbons (Fsp3) is 0.571. The minimum Gasteiger partial charge on any atom is -0.363 e. The molecule has 2 heterocycles. The van der Waals surface area contributed by atoms with Gasteiger partial charge in [-0.1, -0.05) is 37.5 Å². The summed E-state index contributed by atoms with van der Waals surface area (Å²) in [5.41, 5.74) is 4.16. The Labute approximate surface area is 249 Å². The van der Waals surface area contributed by atoms with Gasteiger partial charge in [-0.3, -0.25) is 4.79 Å². The van der Waals surface area contributed by atoms with Gasteiger partial charge in [-0.05, 0) is 104 Å². The van der Waals surface area contributed by atoms with Crippen LogP contribution >= 0.6 is 11.3 Å². The quantitative estimate of drug-likeness (QED) is 0.274. The summed E-state index contributed by atoms with van der Waals surface area (Å²) in [6.07, 6.45) is 19.6. The summed E-state index contributed by atoms with van der Waals surface area (Å²) in [6, 6.07) is 13.3. The van der Waals surface area contributed by atoms with Crippen molar-refractivity contribution in [3.05, 3.63) is 59.4 Å². The summed E-state index contributed by atoms with van der Waals surface area (Å²) in [6.45, 7) is 0.857. The van der Waals surface area contributed by atoms with Crippen LogP contribution in [0.3, 0.4) is 0 Å². The van der Waals surface area contributed by atoms with E-state index in [9.17, 15) is 4.79 Å². The zero-order chi connectivity index (χ0) is 28.0. The Hall–Kier alpha value is -2.73. The van der Waals surface area contributed by atoms with Crippen LogP contribution in [0.1, 0.15) is 100.0 Å². The van der Waals surface area contributed by atoms with Crippen LogP contribution in [0.4, 0.5) is 11.5 Å². The summed E-state index contributed by atoms with van der Waals surface area (Å²) >= 11 is 1.84. The number of aromatic nitrogens is 2. The van der Waals surface area contributed by atoms with Crippen molar-refractivity contribution in [3.63, 3.8) is 0 Å². The van der Waals surface area contributed by atoms with Gasteiger partial charge in [-0.15, -0.1) is 11.3 Å². The molecule has 2 bridgehead atoms. The van der Waals surface area contributed by atoms with Gasteiger partial charge in [0.15, 0.2) is 0 Å². The highest BCUT2D eigenvalue weighted by atomic mass is 32.1. The number of anilines is 2. The summed E-state index contributed by atoms with van der Waals surface area (Å²) in [7, 11) is 4.10. The summed E-state index contributed by atoms with van der Waals surface area (Å²) in [4.78, 5) is 29.3. The molecule has 216 valence electrons. The molecule has 5 fully saturated rings. The van der Waals surface area contributed by atoms with E-state index in [0.29, 0.717) is 11.8 Å². The van der Waals surface area contributed by atoms with E-state index in [4.69, 9.17) is 9.97 Å². The third kappa shape index (κ3) is 5.33. The summed E-state index contributed by atoms with van der Waals surface area (Å²) in [5, 5.41) is 1.28. The van der Waals surface area contributed by atoms with E-state index in [1.165, 1.54) is 91.6 Å². The van der Waals surface area contributed by atoms with Crippen LogP contribution in [0, 0.1) is 11.3 Å². The summed E-state index contributed by atoms with van der Waals surface area (Å²) in [5.74, 6) is 2.23. The van der Waals surface area contributed by atoms with Crippen LogP contribution in [-0.4, -0.2) is 36.5 Å². The smallest absolute Gasteiger partial charge is 0.230 e. The Kier molecular flexibility index (Phi) is 7.17. The predicted molar refractivity (Wildman–Crippen MR) is 169 cm³/mol. The maximum atomic E-state index is 14.3. The van der Waals surface area contributed by atoms with Crippen molar-refractivity contribution in [2.75, 3.05) is 30.4 Å². The SMILES string of the molecule is CN(C)c1ccc(C23CCC(CN(C(=O)C4CCCCC4)c4cccc(-c5cnc(C6CC6)s5)c4)(CC2)CC3)cn1. The average molecular weight is 569 g/mol. The van der Waals surface area contributed by atoms with Crippen molar-refractivity contribution in [3.8, 4) is 10.4 Å². The fourth-order valence-electron chi connectivity index (χ4n) is 7.87. The van der Waals surface area contributed by atoms with Crippen molar-refractivity contribution in [2.24, 2.45) is 11.3 Å². The molecule has 1 aromatic carbocycles. The average Bonchev–Trinajstić information content (AvgIpc) is 3.77. The first-order valence-electron chi connectivity index (χ1n) is 16.0. The number of nitrogens with zero attached hydrogens (tertiary/aromatic N) is 4. The number of pyridine rings is 1. The Morgan fingerprint density at radius 1 is 0.902 bits per heavy atom. The highest BCUT2D eigenvalue weighted by Crippen LogP contribution is 2.58. The maximum absolute atomic E-state index is 14.3. The van der Waals surface area contributed by atoms with Gasteiger partial charge in [0.1, 0.15) is 5.82 Å². The van der Waals surface area contributed by atoms with Crippen LogP contribution in [0.25, 0.3) is 10.4 Å². The Bertz CT molecular complexity index is 1360. The highest BCUT2D eigenvalue weighted by Gasteiger charge is 2.50. The lowest BCUT2D eigenvalue weighted by Gasteiger charge is -2.55. The Morgan fingerprint density at radius 3 is 2.32 bits per heavy atom. The van der Waals surface area contributed by atoms with E-state index in [1.54, 1.807) is 0 Å². The molecule has 5 aliphatic carbocycles.